The molecule has 1 saturated heterocycles. The van der Waals surface area contributed by atoms with Gasteiger partial charge in [-0.05, 0) is 49.8 Å². The van der Waals surface area contributed by atoms with Crippen molar-refractivity contribution >= 4 is 18.3 Å². The molecule has 0 bridgehead atoms. The number of nitrogens with one attached hydrogen (secondary N) is 2. The molecule has 1 fully saturated rings. The Kier molecular flexibility index (Phi) is 9.27. The summed E-state index contributed by atoms with van der Waals surface area (Å²) in [4.78, 5) is 12.7. The van der Waals surface area contributed by atoms with Crippen LogP contribution in [0.4, 0.5) is 0 Å². The summed E-state index contributed by atoms with van der Waals surface area (Å²) in [7, 11) is 0. The molecule has 1 amide bonds. The fourth-order valence-electron chi connectivity index (χ4n) is 3.31. The van der Waals surface area contributed by atoms with E-state index in [4.69, 9.17) is 0 Å². The molecule has 3 atom stereocenters. The number of piperidine rings is 1. The van der Waals surface area contributed by atoms with Crippen molar-refractivity contribution in [3.8, 4) is 0 Å². The van der Waals surface area contributed by atoms with Crippen molar-refractivity contribution in [1.82, 2.24) is 10.6 Å². The molecule has 0 aliphatic carbocycles. The lowest BCUT2D eigenvalue weighted by Gasteiger charge is -2.25. The number of hydrogen-bond donors (Lipinski definition) is 2. The Morgan fingerprint density at radius 2 is 2.09 bits per heavy atom. The first-order valence-electron chi connectivity index (χ1n) is 8.75. The number of rotatable bonds is 7. The largest absolute Gasteiger partial charge is 0.356 e. The van der Waals surface area contributed by atoms with E-state index in [1.165, 1.54) is 12.8 Å². The first-order chi connectivity index (χ1) is 10.7. The van der Waals surface area contributed by atoms with Gasteiger partial charge in [-0.15, -0.1) is 12.4 Å². The molecule has 0 saturated carbocycles. The van der Waals surface area contributed by atoms with Crippen LogP contribution < -0.4 is 10.6 Å². The van der Waals surface area contributed by atoms with Crippen molar-refractivity contribution in [3.63, 3.8) is 0 Å². The van der Waals surface area contributed by atoms with Gasteiger partial charge in [-0.3, -0.25) is 4.79 Å². The Bertz CT molecular complexity index is 446. The van der Waals surface area contributed by atoms with Crippen molar-refractivity contribution in [1.29, 1.82) is 0 Å². The lowest BCUT2D eigenvalue weighted by molar-refractivity contribution is -0.123. The molecule has 1 aliphatic heterocycles. The van der Waals surface area contributed by atoms with Crippen LogP contribution in [0.1, 0.15) is 51.0 Å². The molecule has 4 heteroatoms. The third-order valence-electron chi connectivity index (χ3n) is 4.90. The predicted octanol–water partition coefficient (Wildman–Crippen LogP) is 3.74. The molecule has 1 aromatic carbocycles. The van der Waals surface area contributed by atoms with Gasteiger partial charge < -0.3 is 10.6 Å². The Morgan fingerprint density at radius 1 is 1.35 bits per heavy atom. The van der Waals surface area contributed by atoms with Crippen molar-refractivity contribution in [2.75, 3.05) is 19.6 Å². The number of halogens is 1. The van der Waals surface area contributed by atoms with E-state index >= 15 is 0 Å². The number of hydrogen-bond acceptors (Lipinski definition) is 2. The van der Waals surface area contributed by atoms with Gasteiger partial charge in [-0.25, -0.2) is 0 Å². The second kappa shape index (κ2) is 10.7. The standard InChI is InChI=1S/C19H30N2O.ClH/c1-3-15(2)18(17-9-5-4-6-10-17)19(22)21-13-11-16-8-7-12-20-14-16;/h4-6,9-10,15-16,18,20H,3,7-8,11-14H2,1-2H3,(H,21,22);1H. The highest BCUT2D eigenvalue weighted by molar-refractivity contribution is 5.85. The summed E-state index contributed by atoms with van der Waals surface area (Å²) in [5.41, 5.74) is 1.13. The molecule has 2 N–H and O–H groups in total. The highest BCUT2D eigenvalue weighted by Gasteiger charge is 2.25. The maximum atomic E-state index is 12.7. The van der Waals surface area contributed by atoms with Gasteiger partial charge in [-0.2, -0.15) is 0 Å². The summed E-state index contributed by atoms with van der Waals surface area (Å²) in [6.45, 7) is 7.37. The average molecular weight is 339 g/mol. The molecule has 0 radical (unpaired) electrons. The third kappa shape index (κ3) is 6.15. The van der Waals surface area contributed by atoms with Crippen molar-refractivity contribution in [2.24, 2.45) is 11.8 Å². The monoisotopic (exact) mass is 338 g/mol. The zero-order valence-corrected chi connectivity index (χ0v) is 15.2. The molecule has 0 aromatic heterocycles. The van der Waals surface area contributed by atoms with Crippen LogP contribution in [0.25, 0.3) is 0 Å². The molecule has 0 spiro atoms. The topological polar surface area (TPSA) is 41.1 Å². The smallest absolute Gasteiger partial charge is 0.227 e. The molecule has 2 rings (SSSR count). The van der Waals surface area contributed by atoms with Crippen molar-refractivity contribution < 1.29 is 4.79 Å². The average Bonchev–Trinajstić information content (AvgIpc) is 2.57. The van der Waals surface area contributed by atoms with E-state index in [0.29, 0.717) is 11.8 Å². The maximum absolute atomic E-state index is 12.7. The lowest BCUT2D eigenvalue weighted by atomic mass is 9.85. The molecule has 3 nitrogen and oxygen atoms in total. The van der Waals surface area contributed by atoms with Crippen LogP contribution in [0.2, 0.25) is 0 Å². The zero-order chi connectivity index (χ0) is 15.8. The molecular formula is C19H31ClN2O. The quantitative estimate of drug-likeness (QED) is 0.795. The number of carbonyl (C=O) groups excluding carboxylic acids is 1. The van der Waals surface area contributed by atoms with Gasteiger partial charge in [0.2, 0.25) is 5.91 Å². The van der Waals surface area contributed by atoms with E-state index in [1.807, 2.05) is 18.2 Å². The Labute approximate surface area is 147 Å². The fourth-order valence-corrected chi connectivity index (χ4v) is 3.31. The molecule has 1 heterocycles. The zero-order valence-electron chi connectivity index (χ0n) is 14.4. The normalized spacial score (nSPS) is 20.2. The van der Waals surface area contributed by atoms with E-state index < -0.39 is 0 Å². The molecule has 1 aliphatic rings. The number of amides is 1. The van der Waals surface area contributed by atoms with Crippen LogP contribution in [-0.2, 0) is 4.79 Å². The van der Waals surface area contributed by atoms with Gasteiger partial charge in [0.15, 0.2) is 0 Å². The van der Waals surface area contributed by atoms with E-state index in [0.717, 1.165) is 38.0 Å². The number of benzene rings is 1. The minimum absolute atomic E-state index is 0. The van der Waals surface area contributed by atoms with Gasteiger partial charge in [0.05, 0.1) is 5.92 Å². The summed E-state index contributed by atoms with van der Waals surface area (Å²) < 4.78 is 0. The second-order valence-corrected chi connectivity index (χ2v) is 6.57. The predicted molar refractivity (Wildman–Crippen MR) is 99.1 cm³/mol. The summed E-state index contributed by atoms with van der Waals surface area (Å²) in [5.74, 6) is 1.23. The van der Waals surface area contributed by atoms with E-state index in [1.54, 1.807) is 0 Å². The minimum Gasteiger partial charge on any atom is -0.356 e. The van der Waals surface area contributed by atoms with Crippen LogP contribution in [0.3, 0.4) is 0 Å². The molecule has 130 valence electrons. The van der Waals surface area contributed by atoms with Gasteiger partial charge in [-0.1, -0.05) is 50.6 Å². The Balaban J connectivity index is 0.00000264. The van der Waals surface area contributed by atoms with Crippen LogP contribution >= 0.6 is 12.4 Å². The van der Waals surface area contributed by atoms with Gasteiger partial charge in [0.1, 0.15) is 0 Å². The molecule has 3 unspecified atom stereocenters. The summed E-state index contributed by atoms with van der Waals surface area (Å²) in [6, 6.07) is 10.2. The lowest BCUT2D eigenvalue weighted by Crippen LogP contribution is -2.36. The molecule has 1 aromatic rings. The van der Waals surface area contributed by atoms with Gasteiger partial charge >= 0.3 is 0 Å². The van der Waals surface area contributed by atoms with Gasteiger partial charge in [0.25, 0.3) is 0 Å². The highest BCUT2D eigenvalue weighted by atomic mass is 35.5. The van der Waals surface area contributed by atoms with Crippen molar-refractivity contribution in [3.05, 3.63) is 35.9 Å². The number of carbonyl (C=O) groups is 1. The SMILES string of the molecule is CCC(C)C(C(=O)NCCC1CCCNC1)c1ccccc1.Cl. The molecular weight excluding hydrogens is 308 g/mol. The summed E-state index contributed by atoms with van der Waals surface area (Å²) in [6.07, 6.45) is 4.65. The van der Waals surface area contributed by atoms with E-state index in [9.17, 15) is 4.79 Å². The Morgan fingerprint density at radius 3 is 2.70 bits per heavy atom. The van der Waals surface area contributed by atoms with Gasteiger partial charge in [0, 0.05) is 6.54 Å². The minimum atomic E-state index is -0.0318. The third-order valence-corrected chi connectivity index (χ3v) is 4.90. The fraction of sp³-hybridized carbons (Fsp3) is 0.632. The first-order valence-corrected chi connectivity index (χ1v) is 8.75. The van der Waals surface area contributed by atoms with Crippen LogP contribution in [0, 0.1) is 11.8 Å². The van der Waals surface area contributed by atoms with E-state index in [-0.39, 0.29) is 24.2 Å². The van der Waals surface area contributed by atoms with E-state index in [2.05, 4.69) is 36.6 Å². The van der Waals surface area contributed by atoms with Crippen LogP contribution in [-0.4, -0.2) is 25.5 Å². The summed E-state index contributed by atoms with van der Waals surface area (Å²) >= 11 is 0. The van der Waals surface area contributed by atoms with Crippen LogP contribution in [0.5, 0.6) is 0 Å². The first kappa shape index (κ1) is 20.0. The van der Waals surface area contributed by atoms with Crippen LogP contribution in [0.15, 0.2) is 30.3 Å². The Hall–Kier alpha value is -1.06. The highest BCUT2D eigenvalue weighted by Crippen LogP contribution is 2.27. The second-order valence-electron chi connectivity index (χ2n) is 6.57. The maximum Gasteiger partial charge on any atom is 0.227 e. The van der Waals surface area contributed by atoms with Crippen molar-refractivity contribution in [2.45, 2.75) is 45.4 Å². The summed E-state index contributed by atoms with van der Waals surface area (Å²) in [5, 5.41) is 6.61. The molecule has 23 heavy (non-hydrogen) atoms.